The van der Waals surface area contributed by atoms with Crippen LogP contribution in [0, 0.1) is 0 Å². The number of rotatable bonds is 6. The molecule has 1 aliphatic carbocycles. The van der Waals surface area contributed by atoms with Gasteiger partial charge >= 0.3 is 0 Å². The van der Waals surface area contributed by atoms with Crippen LogP contribution in [0.5, 0.6) is 0 Å². The highest BCUT2D eigenvalue weighted by Crippen LogP contribution is 2.50. The maximum atomic E-state index is 2.44. The largest absolute Gasteiger partial charge is 0.310 e. The van der Waals surface area contributed by atoms with E-state index in [0.717, 1.165) is 17.1 Å². The smallest absolute Gasteiger partial charge is 0.0547 e. The van der Waals surface area contributed by atoms with Crippen LogP contribution in [0.1, 0.15) is 25.0 Å². The van der Waals surface area contributed by atoms with E-state index in [0.29, 0.717) is 0 Å². The van der Waals surface area contributed by atoms with E-state index >= 15 is 0 Å². The molecule has 1 aromatic heterocycles. The highest BCUT2D eigenvalue weighted by Gasteiger charge is 2.35. The van der Waals surface area contributed by atoms with Gasteiger partial charge in [0.2, 0.25) is 0 Å². The molecule has 270 valence electrons. The van der Waals surface area contributed by atoms with Gasteiger partial charge in [0.15, 0.2) is 0 Å². The molecule has 11 rings (SSSR count). The molecule has 0 radical (unpaired) electrons. The second-order valence-corrected chi connectivity index (χ2v) is 15.8. The van der Waals surface area contributed by atoms with E-state index in [1.54, 1.807) is 0 Å². The first-order valence-corrected chi connectivity index (χ1v) is 19.8. The second-order valence-electron chi connectivity index (χ2n) is 15.8. The third-order valence-electron chi connectivity index (χ3n) is 12.2. The molecule has 9 aromatic carbocycles. The molecular weight excluding hydrogens is 689 g/mol. The summed E-state index contributed by atoms with van der Waals surface area (Å²) >= 11 is 0. The Kier molecular flexibility index (Phi) is 7.55. The zero-order valence-electron chi connectivity index (χ0n) is 32.0. The van der Waals surface area contributed by atoms with Gasteiger partial charge in [-0.1, -0.05) is 159 Å². The Labute approximate surface area is 333 Å². The summed E-state index contributed by atoms with van der Waals surface area (Å²) in [5.74, 6) is 0. The molecule has 0 fully saturated rings. The van der Waals surface area contributed by atoms with Crippen molar-refractivity contribution in [3.05, 3.63) is 217 Å². The van der Waals surface area contributed by atoms with Gasteiger partial charge in [0.05, 0.1) is 16.7 Å². The highest BCUT2D eigenvalue weighted by molar-refractivity contribution is 6.11. The van der Waals surface area contributed by atoms with E-state index < -0.39 is 0 Å². The maximum Gasteiger partial charge on any atom is 0.0547 e. The third kappa shape index (κ3) is 5.33. The molecule has 0 bridgehead atoms. The number of nitrogens with zero attached hydrogens (tertiary/aromatic N) is 2. The lowest BCUT2D eigenvalue weighted by atomic mass is 9.82. The molecular formula is C55H40N2. The number of para-hydroxylation sites is 2. The van der Waals surface area contributed by atoms with Crippen molar-refractivity contribution in [3.8, 4) is 39.1 Å². The third-order valence-corrected chi connectivity index (χ3v) is 12.2. The maximum absolute atomic E-state index is 2.44. The van der Waals surface area contributed by atoms with Crippen LogP contribution >= 0.6 is 0 Å². The Morgan fingerprint density at radius 2 is 0.965 bits per heavy atom. The summed E-state index contributed by atoms with van der Waals surface area (Å²) in [7, 11) is 0. The summed E-state index contributed by atoms with van der Waals surface area (Å²) in [5, 5.41) is 5.01. The van der Waals surface area contributed by atoms with Gasteiger partial charge in [-0.3, -0.25) is 0 Å². The Hall–Kier alpha value is -7.16. The number of hydrogen-bond donors (Lipinski definition) is 0. The lowest BCUT2D eigenvalue weighted by Gasteiger charge is -2.28. The Bertz CT molecular complexity index is 3140. The molecule has 10 aromatic rings. The Morgan fingerprint density at radius 1 is 0.368 bits per heavy atom. The quantitative estimate of drug-likeness (QED) is 0.165. The fraction of sp³-hybridized carbons (Fsp3) is 0.0545. The summed E-state index contributed by atoms with van der Waals surface area (Å²) in [6, 6.07) is 75.6. The van der Waals surface area contributed by atoms with Crippen molar-refractivity contribution in [2.24, 2.45) is 0 Å². The molecule has 2 nitrogen and oxygen atoms in total. The minimum absolute atomic E-state index is 0.0732. The Balaban J connectivity index is 0.974. The molecule has 0 N–H and O–H groups in total. The predicted octanol–water partition coefficient (Wildman–Crippen LogP) is 15.0. The topological polar surface area (TPSA) is 8.17 Å². The van der Waals surface area contributed by atoms with Crippen molar-refractivity contribution in [2.45, 2.75) is 19.3 Å². The van der Waals surface area contributed by atoms with E-state index in [1.807, 2.05) is 0 Å². The molecule has 57 heavy (non-hydrogen) atoms. The molecule has 0 saturated heterocycles. The fourth-order valence-corrected chi connectivity index (χ4v) is 9.35. The zero-order chi connectivity index (χ0) is 38.1. The highest BCUT2D eigenvalue weighted by atomic mass is 15.1. The summed E-state index contributed by atoms with van der Waals surface area (Å²) in [6.45, 7) is 4.69. The molecule has 1 heterocycles. The monoisotopic (exact) mass is 728 g/mol. The average molecular weight is 729 g/mol. The predicted molar refractivity (Wildman–Crippen MR) is 241 cm³/mol. The van der Waals surface area contributed by atoms with E-state index in [9.17, 15) is 0 Å². The number of aromatic nitrogens is 1. The van der Waals surface area contributed by atoms with Crippen molar-refractivity contribution in [2.75, 3.05) is 4.90 Å². The summed E-state index contributed by atoms with van der Waals surface area (Å²) in [4.78, 5) is 2.38. The van der Waals surface area contributed by atoms with Gasteiger partial charge in [-0.25, -0.2) is 0 Å². The van der Waals surface area contributed by atoms with Gasteiger partial charge in [-0.05, 0) is 111 Å². The van der Waals surface area contributed by atoms with E-state index in [1.165, 1.54) is 82.8 Å². The molecule has 0 amide bonds. The van der Waals surface area contributed by atoms with Gasteiger partial charge in [0.1, 0.15) is 0 Å². The normalized spacial score (nSPS) is 12.9. The van der Waals surface area contributed by atoms with Crippen LogP contribution < -0.4 is 4.90 Å². The van der Waals surface area contributed by atoms with Crippen molar-refractivity contribution in [3.63, 3.8) is 0 Å². The number of fused-ring (bicyclic) bond motifs is 7. The fourth-order valence-electron chi connectivity index (χ4n) is 9.35. The molecule has 0 aliphatic heterocycles. The van der Waals surface area contributed by atoms with E-state index in [4.69, 9.17) is 0 Å². The van der Waals surface area contributed by atoms with Gasteiger partial charge in [-0.2, -0.15) is 0 Å². The van der Waals surface area contributed by atoms with Crippen LogP contribution in [0.3, 0.4) is 0 Å². The van der Waals surface area contributed by atoms with Crippen LogP contribution in [0.2, 0.25) is 0 Å². The SMILES string of the molecule is CC1(C)c2ccccc2-c2ccc(N(c3ccccc3)c3ccc(-c4cccc(-c5ccc6c7ccccc7n(-c7cccc8ccccc78)c6c5)c4)cc3)cc21. The van der Waals surface area contributed by atoms with Crippen molar-refractivity contribution in [1.82, 2.24) is 4.57 Å². The molecule has 0 atom stereocenters. The van der Waals surface area contributed by atoms with Crippen LogP contribution in [0.4, 0.5) is 17.1 Å². The van der Waals surface area contributed by atoms with Gasteiger partial charge in [0.25, 0.3) is 0 Å². The van der Waals surface area contributed by atoms with Crippen LogP contribution in [0.15, 0.2) is 206 Å². The lowest BCUT2D eigenvalue weighted by molar-refractivity contribution is 0.660. The van der Waals surface area contributed by atoms with E-state index in [2.05, 4.69) is 230 Å². The number of hydrogen-bond acceptors (Lipinski definition) is 1. The van der Waals surface area contributed by atoms with Gasteiger partial charge in [0, 0.05) is 38.6 Å². The number of anilines is 3. The molecule has 0 spiro atoms. The van der Waals surface area contributed by atoms with Crippen LogP contribution in [0.25, 0.3) is 71.6 Å². The minimum Gasteiger partial charge on any atom is -0.310 e. The van der Waals surface area contributed by atoms with E-state index in [-0.39, 0.29) is 5.41 Å². The van der Waals surface area contributed by atoms with Crippen LogP contribution in [-0.4, -0.2) is 4.57 Å². The summed E-state index contributed by atoms with van der Waals surface area (Å²) in [6.07, 6.45) is 0. The molecule has 0 unspecified atom stereocenters. The van der Waals surface area contributed by atoms with Gasteiger partial charge < -0.3 is 9.47 Å². The second kappa shape index (κ2) is 13.0. The minimum atomic E-state index is -0.0732. The van der Waals surface area contributed by atoms with Crippen LogP contribution in [-0.2, 0) is 5.41 Å². The molecule has 1 aliphatic rings. The van der Waals surface area contributed by atoms with Crippen molar-refractivity contribution < 1.29 is 0 Å². The van der Waals surface area contributed by atoms with Gasteiger partial charge in [-0.15, -0.1) is 0 Å². The number of benzene rings is 9. The standard InChI is InChI=1S/C55H40N2/c1-55(2)50-23-10-8-21-46(50)47-33-31-44(36-51(47)55)56(42-18-4-3-5-19-42)43-29-26-37(27-30-43)39-16-12-17-40(34-39)41-28-32-49-48-22-9-11-24-53(48)57(54(49)35-41)52-25-13-15-38-14-6-7-20-45(38)52/h3-36H,1-2H3. The Morgan fingerprint density at radius 3 is 1.82 bits per heavy atom. The lowest BCUT2D eigenvalue weighted by Crippen LogP contribution is -2.16. The molecule has 0 saturated carbocycles. The summed E-state index contributed by atoms with van der Waals surface area (Å²) in [5.41, 5.74) is 17.2. The average Bonchev–Trinajstić information content (AvgIpc) is 3.72. The van der Waals surface area contributed by atoms with Crippen molar-refractivity contribution >= 4 is 49.6 Å². The summed E-state index contributed by atoms with van der Waals surface area (Å²) < 4.78 is 2.44. The zero-order valence-corrected chi connectivity index (χ0v) is 32.0. The first-order chi connectivity index (χ1) is 28.0. The molecule has 2 heteroatoms. The first kappa shape index (κ1) is 33.2. The van der Waals surface area contributed by atoms with Crippen molar-refractivity contribution in [1.29, 1.82) is 0 Å². The first-order valence-electron chi connectivity index (χ1n) is 19.8.